The molecule has 2 aliphatic rings. The first-order valence-corrected chi connectivity index (χ1v) is 9.99. The standard InChI is InChI=1S/C21H30ClNO2/c1-2-6-20(17-8-10-19(22)11-9-17)23-14-12-18-7-3-4-13-21(18)24-15-5-16-25-21/h2,8-11,18,20,23H,1,3-7,12-16H2. The van der Waals surface area contributed by atoms with Gasteiger partial charge in [0.2, 0.25) is 0 Å². The van der Waals surface area contributed by atoms with Crippen molar-refractivity contribution in [1.82, 2.24) is 5.32 Å². The Labute approximate surface area is 156 Å². The van der Waals surface area contributed by atoms with Crippen molar-refractivity contribution in [1.29, 1.82) is 0 Å². The highest BCUT2D eigenvalue weighted by atomic mass is 35.5. The van der Waals surface area contributed by atoms with E-state index in [4.69, 9.17) is 21.1 Å². The Morgan fingerprint density at radius 3 is 2.68 bits per heavy atom. The molecule has 0 radical (unpaired) electrons. The minimum Gasteiger partial charge on any atom is -0.350 e. The number of halogens is 1. The summed E-state index contributed by atoms with van der Waals surface area (Å²) in [5.41, 5.74) is 1.26. The smallest absolute Gasteiger partial charge is 0.171 e. The summed E-state index contributed by atoms with van der Waals surface area (Å²) in [6.07, 6.45) is 9.73. The normalized spacial score (nSPS) is 24.1. The Hall–Kier alpha value is -0.870. The highest BCUT2D eigenvalue weighted by Crippen LogP contribution is 2.41. The third-order valence-corrected chi connectivity index (χ3v) is 5.74. The molecule has 138 valence electrons. The largest absolute Gasteiger partial charge is 0.350 e. The molecule has 2 atom stereocenters. The maximum atomic E-state index is 6.14. The van der Waals surface area contributed by atoms with Crippen LogP contribution in [0.25, 0.3) is 0 Å². The van der Waals surface area contributed by atoms with Crippen LogP contribution in [0, 0.1) is 5.92 Å². The van der Waals surface area contributed by atoms with Gasteiger partial charge < -0.3 is 14.8 Å². The molecule has 2 fully saturated rings. The fraction of sp³-hybridized carbons (Fsp3) is 0.619. The van der Waals surface area contributed by atoms with Gasteiger partial charge in [0, 0.05) is 23.4 Å². The van der Waals surface area contributed by atoms with Gasteiger partial charge in [0.05, 0.1) is 13.2 Å². The lowest BCUT2D eigenvalue weighted by atomic mass is 9.80. The molecule has 1 aliphatic heterocycles. The van der Waals surface area contributed by atoms with Crippen molar-refractivity contribution < 1.29 is 9.47 Å². The Balaban J connectivity index is 1.57. The lowest BCUT2D eigenvalue weighted by Crippen LogP contribution is -2.49. The van der Waals surface area contributed by atoms with Crippen molar-refractivity contribution in [3.05, 3.63) is 47.5 Å². The zero-order valence-corrected chi connectivity index (χ0v) is 15.8. The van der Waals surface area contributed by atoms with Crippen LogP contribution in [0.15, 0.2) is 36.9 Å². The Bertz CT molecular complexity index is 531. The van der Waals surface area contributed by atoms with Crippen LogP contribution in [0.3, 0.4) is 0 Å². The van der Waals surface area contributed by atoms with Gasteiger partial charge in [0.25, 0.3) is 0 Å². The predicted octanol–water partition coefficient (Wildman–Crippen LogP) is 5.26. The Morgan fingerprint density at radius 2 is 1.96 bits per heavy atom. The van der Waals surface area contributed by atoms with E-state index in [9.17, 15) is 0 Å². The first kappa shape index (κ1) is 18.9. The van der Waals surface area contributed by atoms with Crippen LogP contribution in [0.2, 0.25) is 5.02 Å². The molecule has 1 aliphatic carbocycles. The van der Waals surface area contributed by atoms with Crippen molar-refractivity contribution in [2.75, 3.05) is 19.8 Å². The van der Waals surface area contributed by atoms with Crippen LogP contribution in [0.5, 0.6) is 0 Å². The van der Waals surface area contributed by atoms with Gasteiger partial charge in [0.15, 0.2) is 5.79 Å². The van der Waals surface area contributed by atoms with E-state index in [-0.39, 0.29) is 11.8 Å². The van der Waals surface area contributed by atoms with Gasteiger partial charge in [-0.2, -0.15) is 0 Å². The molecule has 1 aromatic carbocycles. The zero-order valence-electron chi connectivity index (χ0n) is 15.0. The van der Waals surface area contributed by atoms with Crippen LogP contribution in [-0.4, -0.2) is 25.5 Å². The van der Waals surface area contributed by atoms with E-state index in [1.165, 1.54) is 24.8 Å². The molecular weight excluding hydrogens is 334 g/mol. The van der Waals surface area contributed by atoms with Gasteiger partial charge in [-0.1, -0.05) is 36.2 Å². The number of rotatable bonds is 7. The molecule has 1 saturated carbocycles. The third kappa shape index (κ3) is 4.85. The van der Waals surface area contributed by atoms with E-state index in [0.717, 1.165) is 50.5 Å². The lowest BCUT2D eigenvalue weighted by Gasteiger charge is -2.46. The van der Waals surface area contributed by atoms with E-state index >= 15 is 0 Å². The molecule has 1 spiro atoms. The van der Waals surface area contributed by atoms with Gasteiger partial charge in [-0.15, -0.1) is 6.58 Å². The van der Waals surface area contributed by atoms with Crippen LogP contribution in [0.1, 0.15) is 56.6 Å². The van der Waals surface area contributed by atoms with Crippen molar-refractivity contribution in [2.24, 2.45) is 5.92 Å². The van der Waals surface area contributed by atoms with E-state index in [1.54, 1.807) is 0 Å². The summed E-state index contributed by atoms with van der Waals surface area (Å²) in [6.45, 7) is 6.54. The highest BCUT2D eigenvalue weighted by molar-refractivity contribution is 6.30. The molecule has 3 nitrogen and oxygen atoms in total. The molecule has 1 heterocycles. The molecule has 1 aromatic rings. The summed E-state index contributed by atoms with van der Waals surface area (Å²) in [4.78, 5) is 0. The van der Waals surface area contributed by atoms with Crippen LogP contribution < -0.4 is 5.32 Å². The van der Waals surface area contributed by atoms with Crippen molar-refractivity contribution >= 4 is 11.6 Å². The third-order valence-electron chi connectivity index (χ3n) is 5.49. The molecule has 25 heavy (non-hydrogen) atoms. The molecule has 1 saturated heterocycles. The zero-order chi connectivity index (χ0) is 17.5. The second-order valence-corrected chi connectivity index (χ2v) is 7.61. The predicted molar refractivity (Wildman–Crippen MR) is 103 cm³/mol. The summed E-state index contributed by atoms with van der Waals surface area (Å²) in [6, 6.07) is 8.38. The fourth-order valence-electron chi connectivity index (χ4n) is 4.15. The summed E-state index contributed by atoms with van der Waals surface area (Å²) < 4.78 is 12.3. The van der Waals surface area contributed by atoms with Gasteiger partial charge in [-0.05, 0) is 56.3 Å². The number of benzene rings is 1. The van der Waals surface area contributed by atoms with E-state index < -0.39 is 0 Å². The molecule has 4 heteroatoms. The van der Waals surface area contributed by atoms with Crippen LogP contribution >= 0.6 is 11.6 Å². The van der Waals surface area contributed by atoms with Crippen molar-refractivity contribution in [3.8, 4) is 0 Å². The lowest BCUT2D eigenvalue weighted by molar-refractivity contribution is -0.306. The van der Waals surface area contributed by atoms with E-state index in [1.807, 2.05) is 18.2 Å². The second-order valence-electron chi connectivity index (χ2n) is 7.18. The monoisotopic (exact) mass is 363 g/mol. The summed E-state index contributed by atoms with van der Waals surface area (Å²) >= 11 is 6.01. The van der Waals surface area contributed by atoms with Crippen LogP contribution in [-0.2, 0) is 9.47 Å². The van der Waals surface area contributed by atoms with Gasteiger partial charge in [0.1, 0.15) is 0 Å². The van der Waals surface area contributed by atoms with Crippen LogP contribution in [0.4, 0.5) is 0 Å². The maximum absolute atomic E-state index is 6.14. The fourth-order valence-corrected chi connectivity index (χ4v) is 4.28. The minimum absolute atomic E-state index is 0.280. The van der Waals surface area contributed by atoms with E-state index in [2.05, 4.69) is 24.0 Å². The SMILES string of the molecule is C=CCC(NCCC1CCCCC12OCCCO2)c1ccc(Cl)cc1. The van der Waals surface area contributed by atoms with E-state index in [0.29, 0.717) is 5.92 Å². The summed E-state index contributed by atoms with van der Waals surface area (Å²) in [5, 5.41) is 4.48. The molecule has 0 bridgehead atoms. The Kier molecular flexibility index (Phi) is 6.94. The van der Waals surface area contributed by atoms with Gasteiger partial charge in [-0.3, -0.25) is 0 Å². The Morgan fingerprint density at radius 1 is 1.20 bits per heavy atom. The highest BCUT2D eigenvalue weighted by Gasteiger charge is 2.43. The first-order chi connectivity index (χ1) is 12.2. The second kappa shape index (κ2) is 9.18. The topological polar surface area (TPSA) is 30.5 Å². The molecular formula is C21H30ClNO2. The first-order valence-electron chi connectivity index (χ1n) is 9.61. The molecule has 3 rings (SSSR count). The minimum atomic E-state index is -0.313. The molecule has 0 aromatic heterocycles. The van der Waals surface area contributed by atoms with Gasteiger partial charge in [-0.25, -0.2) is 0 Å². The average Bonchev–Trinajstić information content (AvgIpc) is 2.64. The number of nitrogens with one attached hydrogen (secondary N) is 1. The average molecular weight is 364 g/mol. The maximum Gasteiger partial charge on any atom is 0.171 e. The quantitative estimate of drug-likeness (QED) is 0.670. The van der Waals surface area contributed by atoms with Crippen molar-refractivity contribution in [3.63, 3.8) is 0 Å². The number of hydrogen-bond acceptors (Lipinski definition) is 3. The van der Waals surface area contributed by atoms with Crippen molar-refractivity contribution in [2.45, 2.75) is 56.8 Å². The molecule has 2 unspecified atom stereocenters. The number of ether oxygens (including phenoxy) is 2. The number of hydrogen-bond donors (Lipinski definition) is 1. The van der Waals surface area contributed by atoms with Gasteiger partial charge >= 0.3 is 0 Å². The summed E-state index contributed by atoms with van der Waals surface area (Å²) in [5.74, 6) is 0.176. The molecule has 1 N–H and O–H groups in total. The summed E-state index contributed by atoms with van der Waals surface area (Å²) in [7, 11) is 0. The molecule has 0 amide bonds.